The normalized spacial score (nSPS) is 11.0. The summed E-state index contributed by atoms with van der Waals surface area (Å²) in [6.45, 7) is 0. The third kappa shape index (κ3) is 4.67. The van der Waals surface area contributed by atoms with Crippen molar-refractivity contribution in [2.75, 3.05) is 19.0 Å². The van der Waals surface area contributed by atoms with E-state index >= 15 is 0 Å². The summed E-state index contributed by atoms with van der Waals surface area (Å²) in [7, 11) is 3.94. The highest BCUT2D eigenvalue weighted by Crippen LogP contribution is 2.29. The number of H-pyrrole nitrogens is 1. The van der Waals surface area contributed by atoms with Gasteiger partial charge in [-0.3, -0.25) is 9.89 Å². The van der Waals surface area contributed by atoms with Crippen molar-refractivity contribution in [3.8, 4) is 11.3 Å². The van der Waals surface area contributed by atoms with E-state index in [-0.39, 0.29) is 5.69 Å². The summed E-state index contributed by atoms with van der Waals surface area (Å²) < 4.78 is 0. The first-order valence-electron chi connectivity index (χ1n) is 8.05. The highest BCUT2D eigenvalue weighted by molar-refractivity contribution is 6.35. The number of amides is 1. The Morgan fingerprint density at radius 1 is 1.15 bits per heavy atom. The van der Waals surface area contributed by atoms with Crippen LogP contribution in [0.4, 0.5) is 5.69 Å². The number of anilines is 1. The highest BCUT2D eigenvalue weighted by Gasteiger charge is 2.13. The van der Waals surface area contributed by atoms with E-state index in [0.717, 1.165) is 11.3 Å². The second kappa shape index (κ2) is 8.24. The molecule has 0 saturated carbocycles. The van der Waals surface area contributed by atoms with Crippen LogP contribution in [0.5, 0.6) is 0 Å². The maximum absolute atomic E-state index is 12.2. The fraction of sp³-hybridized carbons (Fsp3) is 0.105. The Kier molecular flexibility index (Phi) is 5.78. The van der Waals surface area contributed by atoms with Crippen molar-refractivity contribution >= 4 is 41.0 Å². The largest absolute Gasteiger partial charge is 0.378 e. The van der Waals surface area contributed by atoms with Crippen molar-refractivity contribution < 1.29 is 4.79 Å². The van der Waals surface area contributed by atoms with Gasteiger partial charge in [0.15, 0.2) is 0 Å². The van der Waals surface area contributed by atoms with E-state index in [1.807, 2.05) is 43.3 Å². The molecule has 2 aromatic carbocycles. The van der Waals surface area contributed by atoms with Crippen molar-refractivity contribution in [2.45, 2.75) is 0 Å². The van der Waals surface area contributed by atoms with Crippen LogP contribution in [0.25, 0.3) is 11.3 Å². The van der Waals surface area contributed by atoms with Crippen molar-refractivity contribution in [1.82, 2.24) is 15.6 Å². The van der Waals surface area contributed by atoms with Gasteiger partial charge in [0.05, 0.1) is 16.9 Å². The molecule has 1 heterocycles. The first-order chi connectivity index (χ1) is 12.9. The molecule has 6 nitrogen and oxygen atoms in total. The summed E-state index contributed by atoms with van der Waals surface area (Å²) in [5, 5.41) is 11.8. The number of aromatic amines is 1. The number of hydrogen-bond acceptors (Lipinski definition) is 4. The minimum atomic E-state index is -0.409. The molecule has 1 aromatic heterocycles. The summed E-state index contributed by atoms with van der Waals surface area (Å²) >= 11 is 12.2. The van der Waals surface area contributed by atoms with Crippen molar-refractivity contribution in [3.63, 3.8) is 0 Å². The summed E-state index contributed by atoms with van der Waals surface area (Å²) in [6.07, 6.45) is 1.57. The predicted molar refractivity (Wildman–Crippen MR) is 110 cm³/mol. The highest BCUT2D eigenvalue weighted by atomic mass is 35.5. The Hall–Kier alpha value is -2.83. The fourth-order valence-electron chi connectivity index (χ4n) is 2.35. The molecule has 3 aromatic rings. The van der Waals surface area contributed by atoms with Crippen LogP contribution in [-0.4, -0.2) is 36.4 Å². The van der Waals surface area contributed by atoms with Gasteiger partial charge in [-0.25, -0.2) is 5.43 Å². The lowest BCUT2D eigenvalue weighted by Crippen LogP contribution is -2.18. The molecule has 8 heteroatoms. The van der Waals surface area contributed by atoms with E-state index in [1.54, 1.807) is 30.5 Å². The monoisotopic (exact) mass is 401 g/mol. The molecule has 138 valence electrons. The Labute approximate surface area is 166 Å². The standard InChI is InChI=1S/C19H17Cl2N5O/c1-26(2)14-6-3-12(4-7-14)11-22-25-19(27)18-10-17(23-24-18)15-9-13(20)5-8-16(15)21/h3-11H,1-2H3,(H,23,24)(H,25,27). The first kappa shape index (κ1) is 18.9. The van der Waals surface area contributed by atoms with Crippen LogP contribution in [0.15, 0.2) is 53.6 Å². The number of carbonyl (C=O) groups is 1. The molecule has 27 heavy (non-hydrogen) atoms. The predicted octanol–water partition coefficient (Wildman–Crippen LogP) is 4.21. The smallest absolute Gasteiger partial charge is 0.289 e. The van der Waals surface area contributed by atoms with Crippen LogP contribution < -0.4 is 10.3 Å². The second-order valence-electron chi connectivity index (χ2n) is 5.98. The molecule has 1 amide bonds. The Morgan fingerprint density at radius 3 is 2.59 bits per heavy atom. The van der Waals surface area contributed by atoms with Gasteiger partial charge < -0.3 is 4.90 Å². The van der Waals surface area contributed by atoms with Crippen molar-refractivity contribution in [3.05, 3.63) is 69.8 Å². The fourth-order valence-corrected chi connectivity index (χ4v) is 2.74. The van der Waals surface area contributed by atoms with E-state index in [4.69, 9.17) is 23.2 Å². The maximum Gasteiger partial charge on any atom is 0.289 e. The minimum absolute atomic E-state index is 0.265. The van der Waals surface area contributed by atoms with Gasteiger partial charge in [0, 0.05) is 30.4 Å². The van der Waals surface area contributed by atoms with E-state index in [9.17, 15) is 4.79 Å². The van der Waals surface area contributed by atoms with Crippen LogP contribution in [-0.2, 0) is 0 Å². The quantitative estimate of drug-likeness (QED) is 0.496. The molecule has 0 bridgehead atoms. The molecule has 2 N–H and O–H groups in total. The molecular weight excluding hydrogens is 385 g/mol. The molecule has 0 saturated heterocycles. The number of benzene rings is 2. The maximum atomic E-state index is 12.2. The first-order valence-corrected chi connectivity index (χ1v) is 8.81. The number of hydrogen-bond donors (Lipinski definition) is 2. The molecule has 0 aliphatic rings. The van der Waals surface area contributed by atoms with Crippen LogP contribution >= 0.6 is 23.2 Å². The molecule has 3 rings (SSSR count). The summed E-state index contributed by atoms with van der Waals surface area (Å²) in [5.41, 5.74) is 5.85. The summed E-state index contributed by atoms with van der Waals surface area (Å²) in [4.78, 5) is 14.2. The Morgan fingerprint density at radius 2 is 1.89 bits per heavy atom. The van der Waals surface area contributed by atoms with Gasteiger partial charge in [-0.2, -0.15) is 10.2 Å². The molecule has 0 radical (unpaired) electrons. The average Bonchev–Trinajstić information content (AvgIpc) is 3.14. The lowest BCUT2D eigenvalue weighted by atomic mass is 10.1. The van der Waals surface area contributed by atoms with Crippen LogP contribution in [0.3, 0.4) is 0 Å². The van der Waals surface area contributed by atoms with Crippen LogP contribution in [0, 0.1) is 0 Å². The lowest BCUT2D eigenvalue weighted by Gasteiger charge is -2.11. The van der Waals surface area contributed by atoms with Gasteiger partial charge >= 0.3 is 0 Å². The number of carbonyl (C=O) groups excluding carboxylic acids is 1. The zero-order chi connectivity index (χ0) is 19.4. The van der Waals surface area contributed by atoms with Gasteiger partial charge in [0.25, 0.3) is 5.91 Å². The number of aromatic nitrogens is 2. The van der Waals surface area contributed by atoms with E-state index in [0.29, 0.717) is 21.3 Å². The van der Waals surface area contributed by atoms with E-state index in [2.05, 4.69) is 20.7 Å². The zero-order valence-electron chi connectivity index (χ0n) is 14.7. The topological polar surface area (TPSA) is 73.4 Å². The van der Waals surface area contributed by atoms with E-state index in [1.165, 1.54) is 0 Å². The van der Waals surface area contributed by atoms with Gasteiger partial charge in [-0.1, -0.05) is 35.3 Å². The second-order valence-corrected chi connectivity index (χ2v) is 6.82. The van der Waals surface area contributed by atoms with Gasteiger partial charge in [-0.05, 0) is 42.0 Å². The van der Waals surface area contributed by atoms with Gasteiger partial charge in [-0.15, -0.1) is 0 Å². The summed E-state index contributed by atoms with van der Waals surface area (Å²) in [6, 6.07) is 14.4. The molecule has 0 fully saturated rings. The molecule has 0 aliphatic heterocycles. The summed E-state index contributed by atoms with van der Waals surface area (Å²) in [5.74, 6) is -0.409. The molecule has 0 atom stereocenters. The number of halogens is 2. The van der Waals surface area contributed by atoms with Crippen molar-refractivity contribution in [1.29, 1.82) is 0 Å². The molecular formula is C19H17Cl2N5O. The molecule has 0 unspecified atom stereocenters. The third-order valence-corrected chi connectivity index (χ3v) is 4.38. The van der Waals surface area contributed by atoms with Crippen molar-refractivity contribution in [2.24, 2.45) is 5.10 Å². The average molecular weight is 402 g/mol. The van der Waals surface area contributed by atoms with Gasteiger partial charge in [0.1, 0.15) is 5.69 Å². The number of nitrogens with one attached hydrogen (secondary N) is 2. The number of rotatable bonds is 5. The third-order valence-electron chi connectivity index (χ3n) is 3.82. The Balaban J connectivity index is 1.66. The van der Waals surface area contributed by atoms with E-state index < -0.39 is 5.91 Å². The van der Waals surface area contributed by atoms with Gasteiger partial charge in [0.2, 0.25) is 0 Å². The lowest BCUT2D eigenvalue weighted by molar-refractivity contribution is 0.0950. The SMILES string of the molecule is CN(C)c1ccc(C=NNC(=O)c2cc(-c3cc(Cl)ccc3Cl)n[nH]2)cc1. The Bertz CT molecular complexity index is 980. The zero-order valence-corrected chi connectivity index (χ0v) is 16.2. The number of nitrogens with zero attached hydrogens (tertiary/aromatic N) is 3. The minimum Gasteiger partial charge on any atom is -0.378 e. The molecule has 0 spiro atoms. The van der Waals surface area contributed by atoms with Crippen LogP contribution in [0.1, 0.15) is 16.1 Å². The molecule has 0 aliphatic carbocycles. The van der Waals surface area contributed by atoms with Crippen LogP contribution in [0.2, 0.25) is 10.0 Å². The number of hydrazone groups is 1.